The van der Waals surface area contributed by atoms with Crippen molar-refractivity contribution >= 4 is 11.7 Å². The van der Waals surface area contributed by atoms with Gasteiger partial charge >= 0.3 is 5.97 Å². The minimum atomic E-state index is -1.34. The lowest BCUT2D eigenvalue weighted by Gasteiger charge is -2.40. The van der Waals surface area contributed by atoms with E-state index in [2.05, 4.69) is 10.2 Å². The molecule has 3 N–H and O–H groups in total. The Bertz CT molecular complexity index is 833. The maximum Gasteiger partial charge on any atom is 0.312 e. The SMILES string of the molecule is COC(=O)[C@@H]1[C@@H](c2ccc(N(C)C)cc2)c2c([nH][nH]c2=O)C[C@]1(C)O. The number of H-pyrrole nitrogens is 2. The molecule has 1 aromatic carbocycles. The summed E-state index contributed by atoms with van der Waals surface area (Å²) in [7, 11) is 5.17. The molecule has 0 fully saturated rings. The molecule has 0 unspecified atom stereocenters. The van der Waals surface area contributed by atoms with Gasteiger partial charge < -0.3 is 19.8 Å². The van der Waals surface area contributed by atoms with Gasteiger partial charge in [-0.25, -0.2) is 0 Å². The number of aliphatic hydroxyl groups is 1. The van der Waals surface area contributed by atoms with Crippen LogP contribution in [0, 0.1) is 5.92 Å². The highest BCUT2D eigenvalue weighted by molar-refractivity contribution is 5.77. The van der Waals surface area contributed by atoms with Crippen molar-refractivity contribution in [2.75, 3.05) is 26.1 Å². The molecule has 0 spiro atoms. The van der Waals surface area contributed by atoms with Gasteiger partial charge in [0, 0.05) is 43.4 Å². The summed E-state index contributed by atoms with van der Waals surface area (Å²) in [5.41, 5.74) is 1.28. The first-order chi connectivity index (χ1) is 11.8. The number of methoxy groups -OCH3 is 1. The number of ether oxygens (including phenoxy) is 1. The third kappa shape index (κ3) is 2.84. The highest BCUT2D eigenvalue weighted by Gasteiger charge is 2.51. The van der Waals surface area contributed by atoms with E-state index in [1.807, 2.05) is 43.3 Å². The monoisotopic (exact) mass is 345 g/mol. The molecular weight excluding hydrogens is 322 g/mol. The van der Waals surface area contributed by atoms with Crippen LogP contribution in [0.2, 0.25) is 0 Å². The summed E-state index contributed by atoms with van der Waals surface area (Å²) in [5.74, 6) is -1.98. The summed E-state index contributed by atoms with van der Waals surface area (Å²) in [5, 5.41) is 16.3. The van der Waals surface area contributed by atoms with Gasteiger partial charge in [-0.05, 0) is 24.6 Å². The second kappa shape index (κ2) is 6.07. The van der Waals surface area contributed by atoms with Gasteiger partial charge in [0.1, 0.15) is 0 Å². The third-order valence-corrected chi connectivity index (χ3v) is 4.97. The summed E-state index contributed by atoms with van der Waals surface area (Å²) in [4.78, 5) is 26.8. The van der Waals surface area contributed by atoms with Crippen LogP contribution < -0.4 is 10.5 Å². The van der Waals surface area contributed by atoms with Crippen LogP contribution >= 0.6 is 0 Å². The van der Waals surface area contributed by atoms with Gasteiger partial charge in [-0.3, -0.25) is 14.7 Å². The van der Waals surface area contributed by atoms with E-state index in [0.29, 0.717) is 11.3 Å². The fraction of sp³-hybridized carbons (Fsp3) is 0.444. The minimum Gasteiger partial charge on any atom is -0.469 e. The summed E-state index contributed by atoms with van der Waals surface area (Å²) in [6.07, 6.45) is 0.174. The number of anilines is 1. The average Bonchev–Trinajstić information content (AvgIpc) is 2.92. The highest BCUT2D eigenvalue weighted by atomic mass is 16.5. The number of aromatic amines is 2. The van der Waals surface area contributed by atoms with E-state index in [9.17, 15) is 14.7 Å². The number of esters is 1. The first-order valence-electron chi connectivity index (χ1n) is 8.13. The lowest BCUT2D eigenvalue weighted by molar-refractivity contribution is -0.156. The van der Waals surface area contributed by atoms with Gasteiger partial charge in [-0.1, -0.05) is 12.1 Å². The van der Waals surface area contributed by atoms with E-state index < -0.39 is 23.4 Å². The Labute approximate surface area is 145 Å². The molecule has 25 heavy (non-hydrogen) atoms. The first kappa shape index (κ1) is 17.3. The van der Waals surface area contributed by atoms with Crippen LogP contribution in [-0.4, -0.2) is 48.1 Å². The van der Waals surface area contributed by atoms with E-state index in [4.69, 9.17) is 4.74 Å². The highest BCUT2D eigenvalue weighted by Crippen LogP contribution is 2.44. The average molecular weight is 345 g/mol. The number of carbonyl (C=O) groups excluding carboxylic acids is 1. The van der Waals surface area contributed by atoms with Crippen molar-refractivity contribution < 1.29 is 14.6 Å². The maximum atomic E-state index is 12.5. The Kier molecular flexibility index (Phi) is 4.20. The normalized spacial score (nSPS) is 25.3. The Balaban J connectivity index is 2.18. The van der Waals surface area contributed by atoms with E-state index in [1.54, 1.807) is 6.92 Å². The zero-order chi connectivity index (χ0) is 18.4. The largest absolute Gasteiger partial charge is 0.469 e. The molecular formula is C18H23N3O4. The molecule has 0 aliphatic heterocycles. The van der Waals surface area contributed by atoms with Crippen LogP contribution in [0.1, 0.15) is 29.7 Å². The van der Waals surface area contributed by atoms with Crippen molar-refractivity contribution in [3.8, 4) is 0 Å². The fourth-order valence-corrected chi connectivity index (χ4v) is 3.72. The molecule has 0 amide bonds. The predicted octanol–water partition coefficient (Wildman–Crippen LogP) is 0.997. The number of rotatable bonds is 3. The molecule has 7 nitrogen and oxygen atoms in total. The number of nitrogens with one attached hydrogen (secondary N) is 2. The number of carbonyl (C=O) groups is 1. The van der Waals surface area contributed by atoms with Gasteiger partial charge in [0.25, 0.3) is 5.56 Å². The molecule has 0 bridgehead atoms. The molecule has 7 heteroatoms. The molecule has 0 saturated carbocycles. The van der Waals surface area contributed by atoms with Crippen LogP contribution in [0.3, 0.4) is 0 Å². The Morgan fingerprint density at radius 1 is 1.28 bits per heavy atom. The van der Waals surface area contributed by atoms with Crippen molar-refractivity contribution in [2.24, 2.45) is 5.92 Å². The number of fused-ring (bicyclic) bond motifs is 1. The molecule has 3 rings (SSSR count). The Morgan fingerprint density at radius 3 is 2.48 bits per heavy atom. The van der Waals surface area contributed by atoms with Crippen LogP contribution in [0.25, 0.3) is 0 Å². The molecule has 2 aromatic rings. The van der Waals surface area contributed by atoms with Gasteiger partial charge in [-0.2, -0.15) is 0 Å². The third-order valence-electron chi connectivity index (χ3n) is 4.97. The van der Waals surface area contributed by atoms with Crippen molar-refractivity contribution in [1.29, 1.82) is 0 Å². The van der Waals surface area contributed by atoms with Crippen molar-refractivity contribution in [2.45, 2.75) is 24.9 Å². The second-order valence-corrected chi connectivity index (χ2v) is 6.97. The number of hydrogen-bond acceptors (Lipinski definition) is 5. The number of benzene rings is 1. The number of aromatic nitrogens is 2. The van der Waals surface area contributed by atoms with Crippen molar-refractivity contribution in [1.82, 2.24) is 10.2 Å². The lowest BCUT2D eigenvalue weighted by atomic mass is 9.66. The summed E-state index contributed by atoms with van der Waals surface area (Å²) < 4.78 is 4.94. The van der Waals surface area contributed by atoms with Crippen LogP contribution in [0.4, 0.5) is 5.69 Å². The van der Waals surface area contributed by atoms with Crippen molar-refractivity contribution in [3.63, 3.8) is 0 Å². The molecule has 1 aliphatic rings. The van der Waals surface area contributed by atoms with Crippen LogP contribution in [-0.2, 0) is 16.0 Å². The number of nitrogens with zero attached hydrogens (tertiary/aromatic N) is 1. The van der Waals surface area contributed by atoms with Gasteiger partial charge in [0.2, 0.25) is 0 Å². The van der Waals surface area contributed by atoms with Crippen LogP contribution in [0.5, 0.6) is 0 Å². The Morgan fingerprint density at radius 2 is 1.92 bits per heavy atom. The standard InChI is InChI=1S/C18H23N3O4/c1-18(24)9-12-14(16(22)20-19-12)13(15(18)17(23)25-4)10-5-7-11(8-6-10)21(2)3/h5-8,13,15,24H,9H2,1-4H3,(H2,19,20,22)/t13-,15-,18-/m0/s1. The summed E-state index contributed by atoms with van der Waals surface area (Å²) in [6.45, 7) is 1.60. The molecule has 1 aromatic heterocycles. The van der Waals surface area contributed by atoms with Crippen LogP contribution in [0.15, 0.2) is 29.1 Å². The quantitative estimate of drug-likeness (QED) is 0.721. The summed E-state index contributed by atoms with van der Waals surface area (Å²) in [6, 6.07) is 7.61. The zero-order valence-electron chi connectivity index (χ0n) is 14.8. The molecule has 134 valence electrons. The maximum absolute atomic E-state index is 12.5. The van der Waals surface area contributed by atoms with Gasteiger partial charge in [0.05, 0.1) is 18.6 Å². The molecule has 0 radical (unpaired) electrons. The second-order valence-electron chi connectivity index (χ2n) is 6.97. The van der Waals surface area contributed by atoms with E-state index in [1.165, 1.54) is 7.11 Å². The van der Waals surface area contributed by atoms with E-state index in [-0.39, 0.29) is 12.0 Å². The van der Waals surface area contributed by atoms with Crippen molar-refractivity contribution in [3.05, 3.63) is 51.4 Å². The molecule has 3 atom stereocenters. The zero-order valence-corrected chi connectivity index (χ0v) is 14.8. The minimum absolute atomic E-state index is 0.174. The predicted molar refractivity (Wildman–Crippen MR) is 93.9 cm³/mol. The fourth-order valence-electron chi connectivity index (χ4n) is 3.72. The lowest BCUT2D eigenvalue weighted by Crippen LogP contribution is -2.49. The van der Waals surface area contributed by atoms with Gasteiger partial charge in [0.15, 0.2) is 0 Å². The smallest absolute Gasteiger partial charge is 0.312 e. The molecule has 0 saturated heterocycles. The summed E-state index contributed by atoms with van der Waals surface area (Å²) >= 11 is 0. The molecule has 1 aliphatic carbocycles. The molecule has 1 heterocycles. The first-order valence-corrected chi connectivity index (χ1v) is 8.13. The topological polar surface area (TPSA) is 98.4 Å². The Hall–Kier alpha value is -2.54. The van der Waals surface area contributed by atoms with Gasteiger partial charge in [-0.15, -0.1) is 0 Å². The van der Waals surface area contributed by atoms with E-state index >= 15 is 0 Å². The number of hydrogen-bond donors (Lipinski definition) is 3. The van der Waals surface area contributed by atoms with E-state index in [0.717, 1.165) is 11.3 Å².